The molecule has 2 heteroatoms. The van der Waals surface area contributed by atoms with Crippen LogP contribution in [-0.4, -0.2) is 17.6 Å². The molecule has 1 aliphatic heterocycles. The first-order valence-electron chi connectivity index (χ1n) is 6.81. The summed E-state index contributed by atoms with van der Waals surface area (Å²) in [6, 6.07) is 10.4. The fraction of sp³-hybridized carbons (Fsp3) is 0.500. The molecule has 1 nitrogen and oxygen atoms in total. The lowest BCUT2D eigenvalue weighted by atomic mass is 10.1. The quantitative estimate of drug-likeness (QED) is 0.541. The molecule has 1 unspecified atom stereocenters. The summed E-state index contributed by atoms with van der Waals surface area (Å²) in [4.78, 5) is 0. The van der Waals surface area contributed by atoms with Crippen LogP contribution in [-0.2, 0) is 4.74 Å². The lowest BCUT2D eigenvalue weighted by molar-refractivity contribution is 0.242. The fourth-order valence-electron chi connectivity index (χ4n) is 2.22. The van der Waals surface area contributed by atoms with Crippen molar-refractivity contribution in [2.75, 3.05) is 12.4 Å². The van der Waals surface area contributed by atoms with Gasteiger partial charge in [-0.1, -0.05) is 30.3 Å². The van der Waals surface area contributed by atoms with E-state index in [0.29, 0.717) is 0 Å². The summed E-state index contributed by atoms with van der Waals surface area (Å²) >= 11 is 2.13. The van der Waals surface area contributed by atoms with Crippen LogP contribution in [0.15, 0.2) is 36.6 Å². The average Bonchev–Trinajstić information content (AvgIpc) is 2.92. The molecule has 2 rings (SSSR count). The molecular formula is C16H22OS. The average molecular weight is 262 g/mol. The summed E-state index contributed by atoms with van der Waals surface area (Å²) < 4.78 is 5.64. The first-order chi connectivity index (χ1) is 8.86. The van der Waals surface area contributed by atoms with E-state index in [9.17, 15) is 0 Å². The Morgan fingerprint density at radius 1 is 1.39 bits per heavy atom. The summed E-state index contributed by atoms with van der Waals surface area (Å²) in [6.07, 6.45) is 7.20. The van der Waals surface area contributed by atoms with Crippen molar-refractivity contribution in [3.8, 4) is 0 Å². The van der Waals surface area contributed by atoms with Crippen molar-refractivity contribution in [1.29, 1.82) is 0 Å². The number of benzene rings is 1. The molecule has 0 radical (unpaired) electrons. The van der Waals surface area contributed by atoms with Crippen LogP contribution in [0.1, 0.15) is 38.2 Å². The van der Waals surface area contributed by atoms with Crippen molar-refractivity contribution < 1.29 is 4.74 Å². The molecule has 18 heavy (non-hydrogen) atoms. The highest BCUT2D eigenvalue weighted by Gasteiger charge is 2.14. The molecule has 0 bridgehead atoms. The number of thioether (sulfide) groups is 1. The van der Waals surface area contributed by atoms with Gasteiger partial charge in [-0.15, -0.1) is 0 Å². The van der Waals surface area contributed by atoms with Crippen LogP contribution in [0.25, 0.3) is 5.57 Å². The van der Waals surface area contributed by atoms with E-state index >= 15 is 0 Å². The summed E-state index contributed by atoms with van der Waals surface area (Å²) in [5.41, 5.74) is 2.44. The van der Waals surface area contributed by atoms with E-state index < -0.39 is 0 Å². The number of hydrogen-bond donors (Lipinski definition) is 0. The van der Waals surface area contributed by atoms with Gasteiger partial charge in [0.2, 0.25) is 0 Å². The molecule has 0 spiro atoms. The van der Waals surface area contributed by atoms with Crippen LogP contribution < -0.4 is 0 Å². The molecule has 1 saturated heterocycles. The van der Waals surface area contributed by atoms with Gasteiger partial charge >= 0.3 is 0 Å². The minimum Gasteiger partial charge on any atom is -0.501 e. The SMILES string of the molecule is C/C(=C/OCCCC1CCCS1)c1ccccc1. The number of ether oxygens (including phenoxy) is 1. The van der Waals surface area contributed by atoms with Crippen LogP contribution in [0.3, 0.4) is 0 Å². The third-order valence-electron chi connectivity index (χ3n) is 3.30. The Morgan fingerprint density at radius 3 is 2.94 bits per heavy atom. The van der Waals surface area contributed by atoms with Gasteiger partial charge in [-0.3, -0.25) is 0 Å². The third kappa shape index (κ3) is 4.41. The van der Waals surface area contributed by atoms with Crippen molar-refractivity contribution in [3.63, 3.8) is 0 Å². The second-order valence-corrected chi connectivity index (χ2v) is 6.22. The second kappa shape index (κ2) is 7.52. The largest absolute Gasteiger partial charge is 0.501 e. The van der Waals surface area contributed by atoms with Gasteiger partial charge in [0.25, 0.3) is 0 Å². The number of rotatable bonds is 6. The first kappa shape index (κ1) is 13.5. The Bertz CT molecular complexity index is 366. The Hall–Kier alpha value is -0.890. The van der Waals surface area contributed by atoms with Gasteiger partial charge in [0.05, 0.1) is 12.9 Å². The number of hydrogen-bond acceptors (Lipinski definition) is 2. The molecule has 0 aromatic heterocycles. The zero-order valence-electron chi connectivity index (χ0n) is 11.1. The minimum atomic E-state index is 0.848. The predicted molar refractivity (Wildman–Crippen MR) is 80.8 cm³/mol. The van der Waals surface area contributed by atoms with Gasteiger partial charge in [0, 0.05) is 5.25 Å². The molecule has 0 aliphatic carbocycles. The zero-order chi connectivity index (χ0) is 12.6. The van der Waals surface area contributed by atoms with Crippen LogP contribution in [0, 0.1) is 0 Å². The predicted octanol–water partition coefficient (Wildman–Crippen LogP) is 4.74. The van der Waals surface area contributed by atoms with Crippen molar-refractivity contribution in [1.82, 2.24) is 0 Å². The molecule has 1 aromatic carbocycles. The zero-order valence-corrected chi connectivity index (χ0v) is 11.9. The summed E-state index contributed by atoms with van der Waals surface area (Å²) in [6.45, 7) is 2.95. The summed E-state index contributed by atoms with van der Waals surface area (Å²) in [5.74, 6) is 1.36. The standard InChI is InChI=1S/C16H22OS/c1-14(15-7-3-2-4-8-15)13-17-11-5-9-16-10-6-12-18-16/h2-4,7-8,13,16H,5-6,9-12H2,1H3/b14-13-. The molecule has 1 heterocycles. The fourth-order valence-corrected chi connectivity index (χ4v) is 3.55. The Kier molecular flexibility index (Phi) is 5.66. The normalized spacial score (nSPS) is 20.1. The highest BCUT2D eigenvalue weighted by Crippen LogP contribution is 2.29. The maximum Gasteiger partial charge on any atom is 0.0873 e. The van der Waals surface area contributed by atoms with E-state index in [-0.39, 0.29) is 0 Å². The maximum absolute atomic E-state index is 5.64. The van der Waals surface area contributed by atoms with Crippen molar-refractivity contribution in [3.05, 3.63) is 42.2 Å². The molecule has 1 fully saturated rings. The van der Waals surface area contributed by atoms with E-state index in [0.717, 1.165) is 11.9 Å². The lowest BCUT2D eigenvalue weighted by Crippen LogP contribution is -1.99. The second-order valence-electron chi connectivity index (χ2n) is 4.81. The number of allylic oxidation sites excluding steroid dienone is 1. The Balaban J connectivity index is 1.64. The van der Waals surface area contributed by atoms with Gasteiger partial charge in [0.1, 0.15) is 0 Å². The third-order valence-corrected chi connectivity index (χ3v) is 4.77. The molecule has 0 N–H and O–H groups in total. The van der Waals surface area contributed by atoms with Gasteiger partial charge < -0.3 is 4.74 Å². The highest BCUT2D eigenvalue weighted by atomic mass is 32.2. The Labute approximate surface area is 115 Å². The topological polar surface area (TPSA) is 9.23 Å². The summed E-state index contributed by atoms with van der Waals surface area (Å²) in [7, 11) is 0. The molecule has 1 atom stereocenters. The van der Waals surface area contributed by atoms with E-state index in [4.69, 9.17) is 4.74 Å². The molecular weight excluding hydrogens is 240 g/mol. The van der Waals surface area contributed by atoms with Gasteiger partial charge in [0.15, 0.2) is 0 Å². The van der Waals surface area contributed by atoms with Crippen molar-refractivity contribution in [2.45, 2.75) is 37.9 Å². The van der Waals surface area contributed by atoms with Crippen molar-refractivity contribution in [2.24, 2.45) is 0 Å². The molecule has 1 aliphatic rings. The van der Waals surface area contributed by atoms with Crippen LogP contribution in [0.2, 0.25) is 0 Å². The highest BCUT2D eigenvalue weighted by molar-refractivity contribution is 8.00. The first-order valence-corrected chi connectivity index (χ1v) is 7.86. The Morgan fingerprint density at radius 2 is 2.22 bits per heavy atom. The molecule has 98 valence electrons. The van der Waals surface area contributed by atoms with E-state index in [1.165, 1.54) is 42.6 Å². The molecule has 0 amide bonds. The van der Waals surface area contributed by atoms with Gasteiger partial charge in [-0.25, -0.2) is 0 Å². The monoisotopic (exact) mass is 262 g/mol. The molecule has 1 aromatic rings. The maximum atomic E-state index is 5.64. The van der Waals surface area contributed by atoms with Crippen LogP contribution in [0.4, 0.5) is 0 Å². The molecule has 0 saturated carbocycles. The summed E-state index contributed by atoms with van der Waals surface area (Å²) in [5, 5.41) is 0.896. The van der Waals surface area contributed by atoms with E-state index in [1.807, 2.05) is 12.3 Å². The van der Waals surface area contributed by atoms with Gasteiger partial charge in [-0.05, 0) is 49.5 Å². The van der Waals surface area contributed by atoms with Crippen molar-refractivity contribution >= 4 is 17.3 Å². The smallest absolute Gasteiger partial charge is 0.0873 e. The van der Waals surface area contributed by atoms with Gasteiger partial charge in [-0.2, -0.15) is 11.8 Å². The van der Waals surface area contributed by atoms with Crippen LogP contribution >= 0.6 is 11.8 Å². The van der Waals surface area contributed by atoms with E-state index in [2.05, 4.69) is 43.0 Å². The lowest BCUT2D eigenvalue weighted by Gasteiger charge is -2.08. The van der Waals surface area contributed by atoms with E-state index in [1.54, 1.807) is 0 Å². The minimum absolute atomic E-state index is 0.848. The van der Waals surface area contributed by atoms with Crippen LogP contribution in [0.5, 0.6) is 0 Å².